The molecule has 0 radical (unpaired) electrons. The maximum absolute atomic E-state index is 15.2. The van der Waals surface area contributed by atoms with E-state index in [2.05, 4.69) is 9.98 Å². The van der Waals surface area contributed by atoms with Gasteiger partial charge in [0.05, 0.1) is 18.4 Å². The maximum Gasteiger partial charge on any atom is 0.295 e. The third-order valence-electron chi connectivity index (χ3n) is 5.50. The highest BCUT2D eigenvalue weighted by molar-refractivity contribution is 6.30. The number of pyridine rings is 1. The van der Waals surface area contributed by atoms with Crippen LogP contribution in [0.5, 0.6) is 5.75 Å². The molecule has 1 fully saturated rings. The summed E-state index contributed by atoms with van der Waals surface area (Å²) in [7, 11) is 0. The van der Waals surface area contributed by atoms with Crippen LogP contribution < -0.4 is 10.3 Å². The molecule has 1 saturated heterocycles. The van der Waals surface area contributed by atoms with Crippen LogP contribution in [0.4, 0.5) is 13.2 Å². The zero-order valence-electron chi connectivity index (χ0n) is 18.4. The summed E-state index contributed by atoms with van der Waals surface area (Å²) in [6.45, 7) is 4.40. The van der Waals surface area contributed by atoms with Gasteiger partial charge >= 0.3 is 0 Å². The fourth-order valence-electron chi connectivity index (χ4n) is 3.47. The molecule has 2 atom stereocenters. The van der Waals surface area contributed by atoms with Crippen LogP contribution in [-0.2, 0) is 11.3 Å². The normalized spacial score (nSPS) is 19.7. The Balaban J connectivity index is 1.73. The largest absolute Gasteiger partial charge is 0.453 e. The molecule has 2 aromatic rings. The number of rotatable bonds is 6. The van der Waals surface area contributed by atoms with Gasteiger partial charge in [-0.1, -0.05) is 31.5 Å². The van der Waals surface area contributed by atoms with Crippen molar-refractivity contribution in [3.63, 3.8) is 0 Å². The number of epoxide rings is 1. The molecule has 11 heteroatoms. The second kappa shape index (κ2) is 8.81. The third-order valence-corrected chi connectivity index (χ3v) is 5.72. The molecular weight excluding hydrogens is 473 g/mol. The van der Waals surface area contributed by atoms with Crippen molar-refractivity contribution >= 4 is 17.9 Å². The highest BCUT2D eigenvalue weighted by Crippen LogP contribution is 2.44. The first kappa shape index (κ1) is 23.9. The second-order valence-corrected chi connectivity index (χ2v) is 8.77. The van der Waals surface area contributed by atoms with Crippen LogP contribution in [-0.4, -0.2) is 34.5 Å². The first-order valence-corrected chi connectivity index (χ1v) is 10.7. The Bertz CT molecular complexity index is 1300. The summed E-state index contributed by atoms with van der Waals surface area (Å²) in [6, 6.07) is 7.18. The number of nitriles is 1. The van der Waals surface area contributed by atoms with E-state index in [1.165, 1.54) is 25.1 Å². The predicted molar refractivity (Wildman–Crippen MR) is 118 cm³/mol. The number of aryl methyl sites for hydroxylation is 1. The number of halogens is 4. The van der Waals surface area contributed by atoms with E-state index < -0.39 is 47.0 Å². The molecule has 0 bridgehead atoms. The van der Waals surface area contributed by atoms with Crippen LogP contribution in [0.15, 0.2) is 45.5 Å². The Hall–Kier alpha value is -3.29. The molecule has 2 aliphatic rings. The van der Waals surface area contributed by atoms with Gasteiger partial charge in [0.15, 0.2) is 35.4 Å². The molecule has 0 saturated carbocycles. The van der Waals surface area contributed by atoms with Gasteiger partial charge in [0, 0.05) is 28.3 Å². The zero-order chi connectivity index (χ0) is 24.8. The number of ether oxygens (including phenoxy) is 2. The lowest BCUT2D eigenvalue weighted by molar-refractivity contribution is -0.0116. The summed E-state index contributed by atoms with van der Waals surface area (Å²) < 4.78 is 56.3. The van der Waals surface area contributed by atoms with Crippen LogP contribution in [0.1, 0.15) is 30.7 Å². The Kier molecular flexibility index (Phi) is 6.18. The van der Waals surface area contributed by atoms with Crippen molar-refractivity contribution < 1.29 is 22.6 Å². The van der Waals surface area contributed by atoms with Gasteiger partial charge in [0.2, 0.25) is 0 Å². The molecule has 3 heterocycles. The van der Waals surface area contributed by atoms with Crippen molar-refractivity contribution in [3.8, 4) is 11.8 Å². The quantitative estimate of drug-likeness (QED) is 0.599. The van der Waals surface area contributed by atoms with E-state index in [-0.39, 0.29) is 22.9 Å². The second-order valence-electron chi connectivity index (χ2n) is 8.33. The zero-order valence-corrected chi connectivity index (χ0v) is 19.2. The highest BCUT2D eigenvalue weighted by atomic mass is 35.5. The number of aliphatic imine (C=N–C) groups is 1. The van der Waals surface area contributed by atoms with Gasteiger partial charge < -0.3 is 19.4 Å². The van der Waals surface area contributed by atoms with Crippen LogP contribution >= 0.6 is 11.6 Å². The average molecular weight is 493 g/mol. The smallest absolute Gasteiger partial charge is 0.295 e. The van der Waals surface area contributed by atoms with Gasteiger partial charge in [-0.15, -0.1) is 0 Å². The fraction of sp³-hybridized carbons (Fsp3) is 0.348. The first-order chi connectivity index (χ1) is 16.0. The van der Waals surface area contributed by atoms with Gasteiger partial charge in [0.1, 0.15) is 6.07 Å². The van der Waals surface area contributed by atoms with Crippen molar-refractivity contribution in [3.05, 3.63) is 73.7 Å². The molecule has 0 amide bonds. The number of benzene rings is 1. The SMILES string of the molecule is Cc1ccc(CN2C=NC(C(F)(F)C(C)C)=C(Oc3cc(Cl)cc(C#N)c3F)C3OC32)c(=O)[nH]1. The minimum atomic E-state index is -3.45. The summed E-state index contributed by atoms with van der Waals surface area (Å²) in [6.07, 6.45) is -0.603. The maximum atomic E-state index is 15.2. The van der Waals surface area contributed by atoms with Crippen molar-refractivity contribution in [2.24, 2.45) is 10.9 Å². The molecule has 7 nitrogen and oxygen atoms in total. The van der Waals surface area contributed by atoms with Crippen molar-refractivity contribution in [2.45, 2.75) is 45.6 Å². The minimum Gasteiger partial charge on any atom is -0.453 e. The number of aromatic amines is 1. The molecule has 2 unspecified atom stereocenters. The topological polar surface area (TPSA) is 94.0 Å². The van der Waals surface area contributed by atoms with Crippen molar-refractivity contribution in [2.75, 3.05) is 0 Å². The molecule has 34 heavy (non-hydrogen) atoms. The molecule has 1 aromatic heterocycles. The predicted octanol–water partition coefficient (Wildman–Crippen LogP) is 4.50. The summed E-state index contributed by atoms with van der Waals surface area (Å²) in [5.41, 5.74) is -0.390. The summed E-state index contributed by atoms with van der Waals surface area (Å²) in [5, 5.41) is 9.12. The molecule has 1 aromatic carbocycles. The lowest BCUT2D eigenvalue weighted by Crippen LogP contribution is -2.29. The number of H-pyrrole nitrogens is 1. The van der Waals surface area contributed by atoms with Crippen molar-refractivity contribution in [1.29, 1.82) is 5.26 Å². The van der Waals surface area contributed by atoms with Gasteiger partial charge in [-0.2, -0.15) is 14.0 Å². The average Bonchev–Trinajstić information content (AvgIpc) is 3.56. The van der Waals surface area contributed by atoms with Gasteiger partial charge in [0.25, 0.3) is 11.5 Å². The number of allylic oxidation sites excluding steroid dienone is 1. The lowest BCUT2D eigenvalue weighted by atomic mass is 10.0. The van der Waals surface area contributed by atoms with Crippen LogP contribution in [0, 0.1) is 30.0 Å². The van der Waals surface area contributed by atoms with E-state index in [4.69, 9.17) is 26.3 Å². The van der Waals surface area contributed by atoms with Gasteiger partial charge in [-0.05, 0) is 19.1 Å². The minimum absolute atomic E-state index is 0.00340. The molecule has 178 valence electrons. The molecule has 1 N–H and O–H groups in total. The molecule has 4 rings (SSSR count). The monoisotopic (exact) mass is 492 g/mol. The van der Waals surface area contributed by atoms with Crippen LogP contribution in [0.25, 0.3) is 0 Å². The van der Waals surface area contributed by atoms with Crippen LogP contribution in [0.3, 0.4) is 0 Å². The Morgan fingerprint density at radius 3 is 2.76 bits per heavy atom. The number of aromatic nitrogens is 1. The Morgan fingerprint density at radius 1 is 1.38 bits per heavy atom. The van der Waals surface area contributed by atoms with E-state index in [1.807, 2.05) is 0 Å². The van der Waals surface area contributed by atoms with E-state index in [9.17, 15) is 9.18 Å². The summed E-state index contributed by atoms with van der Waals surface area (Å²) in [4.78, 5) is 20.4. The lowest BCUT2D eigenvalue weighted by Gasteiger charge is -2.23. The number of nitrogens with one attached hydrogen (secondary N) is 1. The van der Waals surface area contributed by atoms with E-state index in [0.29, 0.717) is 11.3 Å². The first-order valence-electron chi connectivity index (χ1n) is 10.4. The molecule has 0 spiro atoms. The van der Waals surface area contributed by atoms with E-state index in [1.54, 1.807) is 25.1 Å². The number of alkyl halides is 2. The number of hydrogen-bond donors (Lipinski definition) is 1. The van der Waals surface area contributed by atoms with Crippen molar-refractivity contribution in [1.82, 2.24) is 9.88 Å². The Labute approximate surface area is 198 Å². The standard InChI is InChI=1S/C23H20ClF3N4O3/c1-11(2)23(26,27)20-18(33-16-7-15(24)6-14(8-28)17(16)25)19-22(34-19)31(10-29-20)9-13-5-4-12(3)30-21(13)32/h4-7,10-11,19,22H,9H2,1-3H3,(H,30,32). The van der Waals surface area contributed by atoms with Gasteiger partial charge in [-0.3, -0.25) is 4.79 Å². The van der Waals surface area contributed by atoms with E-state index >= 15 is 8.78 Å². The summed E-state index contributed by atoms with van der Waals surface area (Å²) in [5.74, 6) is -6.54. The Morgan fingerprint density at radius 2 is 2.12 bits per heavy atom. The summed E-state index contributed by atoms with van der Waals surface area (Å²) >= 11 is 5.95. The molecular formula is C23H20ClF3N4O3. The molecule has 0 aliphatic carbocycles. The number of nitrogens with zero attached hydrogens (tertiary/aromatic N) is 3. The number of hydrogen-bond acceptors (Lipinski definition) is 6. The van der Waals surface area contributed by atoms with Crippen LogP contribution in [0.2, 0.25) is 5.02 Å². The fourth-order valence-corrected chi connectivity index (χ4v) is 3.68. The highest BCUT2D eigenvalue weighted by Gasteiger charge is 2.54. The van der Waals surface area contributed by atoms with Gasteiger partial charge in [-0.25, -0.2) is 9.38 Å². The third kappa shape index (κ3) is 4.41. The van der Waals surface area contributed by atoms with E-state index in [0.717, 1.165) is 12.1 Å². The molecule has 2 aliphatic heterocycles. The number of fused-ring (bicyclic) bond motifs is 1.